The molecule has 16 heavy (non-hydrogen) atoms. The molecule has 1 rings (SSSR count). The normalized spacial score (nSPS) is 13.2. The topological polar surface area (TPSA) is 12.9 Å². The van der Waals surface area contributed by atoms with E-state index in [1.54, 1.807) is 6.07 Å². The summed E-state index contributed by atoms with van der Waals surface area (Å²) in [5.74, 6) is 0.0333. The molecule has 0 bridgehead atoms. The van der Waals surface area contributed by atoms with Gasteiger partial charge in [-0.15, -0.1) is 0 Å². The standard InChI is InChI=1S/C14H22FN/c1-13(2,3)12(14(4,5)6)11-8-7-10(15)9-16-11/h7-9,12H,1-6H3. The summed E-state index contributed by atoms with van der Waals surface area (Å²) in [6.45, 7) is 13.2. The highest BCUT2D eigenvalue weighted by Crippen LogP contribution is 2.46. The maximum absolute atomic E-state index is 12.9. The monoisotopic (exact) mass is 223 g/mol. The highest BCUT2D eigenvalue weighted by atomic mass is 19.1. The van der Waals surface area contributed by atoms with Crippen LogP contribution in [0.1, 0.15) is 53.2 Å². The molecular formula is C14H22FN. The van der Waals surface area contributed by atoms with Crippen molar-refractivity contribution in [1.29, 1.82) is 0 Å². The Bertz CT molecular complexity index is 326. The van der Waals surface area contributed by atoms with Crippen LogP contribution in [0.25, 0.3) is 0 Å². The predicted molar refractivity (Wildman–Crippen MR) is 65.8 cm³/mol. The van der Waals surface area contributed by atoms with Crippen LogP contribution in [0, 0.1) is 16.6 Å². The maximum Gasteiger partial charge on any atom is 0.141 e. The minimum absolute atomic E-state index is 0.114. The number of pyridine rings is 1. The molecule has 0 fully saturated rings. The van der Waals surface area contributed by atoms with Crippen molar-refractivity contribution < 1.29 is 4.39 Å². The Morgan fingerprint density at radius 3 is 1.81 bits per heavy atom. The third-order valence-electron chi connectivity index (χ3n) is 2.78. The van der Waals surface area contributed by atoms with Gasteiger partial charge in [0.1, 0.15) is 5.82 Å². The van der Waals surface area contributed by atoms with Crippen LogP contribution in [-0.2, 0) is 0 Å². The smallest absolute Gasteiger partial charge is 0.141 e. The number of rotatable bonds is 1. The van der Waals surface area contributed by atoms with E-state index in [1.807, 2.05) is 0 Å². The third-order valence-corrected chi connectivity index (χ3v) is 2.78. The highest BCUT2D eigenvalue weighted by Gasteiger charge is 2.36. The Morgan fingerprint density at radius 2 is 1.50 bits per heavy atom. The number of nitrogens with zero attached hydrogens (tertiary/aromatic N) is 1. The van der Waals surface area contributed by atoms with Gasteiger partial charge >= 0.3 is 0 Å². The first kappa shape index (κ1) is 13.1. The Morgan fingerprint density at radius 1 is 1.00 bits per heavy atom. The van der Waals surface area contributed by atoms with Crippen molar-refractivity contribution in [3.8, 4) is 0 Å². The van der Waals surface area contributed by atoms with Gasteiger partial charge in [0.25, 0.3) is 0 Å². The molecule has 1 heterocycles. The number of hydrogen-bond donors (Lipinski definition) is 0. The molecule has 0 aliphatic heterocycles. The molecule has 0 spiro atoms. The van der Waals surface area contributed by atoms with Crippen LogP contribution < -0.4 is 0 Å². The molecular weight excluding hydrogens is 201 g/mol. The lowest BCUT2D eigenvalue weighted by Crippen LogP contribution is -2.31. The summed E-state index contributed by atoms with van der Waals surface area (Å²) in [6.07, 6.45) is 1.31. The molecule has 0 atom stereocenters. The van der Waals surface area contributed by atoms with Gasteiger partial charge in [0, 0.05) is 11.6 Å². The van der Waals surface area contributed by atoms with E-state index >= 15 is 0 Å². The molecule has 2 heteroatoms. The fraction of sp³-hybridized carbons (Fsp3) is 0.643. The lowest BCUT2D eigenvalue weighted by molar-refractivity contribution is 0.172. The second-order valence-corrected chi connectivity index (χ2v) is 6.57. The van der Waals surface area contributed by atoms with E-state index in [0.717, 1.165) is 5.69 Å². The van der Waals surface area contributed by atoms with E-state index in [9.17, 15) is 4.39 Å². The zero-order chi connectivity index (χ0) is 12.6. The molecule has 0 aliphatic carbocycles. The van der Waals surface area contributed by atoms with E-state index in [-0.39, 0.29) is 16.6 Å². The molecule has 0 radical (unpaired) electrons. The molecule has 1 aromatic rings. The zero-order valence-corrected chi connectivity index (χ0v) is 11.1. The predicted octanol–water partition coefficient (Wildman–Crippen LogP) is 4.40. The van der Waals surface area contributed by atoms with Crippen LogP contribution in [0.15, 0.2) is 18.3 Å². The fourth-order valence-corrected chi connectivity index (χ4v) is 2.74. The van der Waals surface area contributed by atoms with Crippen molar-refractivity contribution in [2.45, 2.75) is 47.5 Å². The first-order valence-corrected chi connectivity index (χ1v) is 5.74. The largest absolute Gasteiger partial charge is 0.258 e. The van der Waals surface area contributed by atoms with Crippen molar-refractivity contribution in [2.75, 3.05) is 0 Å². The van der Waals surface area contributed by atoms with E-state index in [0.29, 0.717) is 5.92 Å². The van der Waals surface area contributed by atoms with E-state index in [1.165, 1.54) is 12.3 Å². The summed E-state index contributed by atoms with van der Waals surface area (Å²) in [5, 5.41) is 0. The molecule has 0 aromatic carbocycles. The van der Waals surface area contributed by atoms with Crippen molar-refractivity contribution in [3.05, 3.63) is 29.8 Å². The molecule has 0 amide bonds. The van der Waals surface area contributed by atoms with Crippen LogP contribution in [0.2, 0.25) is 0 Å². The summed E-state index contributed by atoms with van der Waals surface area (Å²) in [5.41, 5.74) is 1.20. The third kappa shape index (κ3) is 3.03. The van der Waals surface area contributed by atoms with Gasteiger partial charge in [-0.05, 0) is 23.0 Å². The zero-order valence-electron chi connectivity index (χ0n) is 11.1. The molecule has 0 saturated heterocycles. The van der Waals surface area contributed by atoms with Crippen molar-refractivity contribution in [2.24, 2.45) is 10.8 Å². The average molecular weight is 223 g/mol. The van der Waals surface area contributed by atoms with E-state index in [2.05, 4.69) is 46.5 Å². The van der Waals surface area contributed by atoms with Gasteiger partial charge < -0.3 is 0 Å². The number of halogens is 1. The van der Waals surface area contributed by atoms with Crippen LogP contribution in [0.4, 0.5) is 4.39 Å². The minimum Gasteiger partial charge on any atom is -0.258 e. The summed E-state index contributed by atoms with van der Waals surface area (Å²) in [6, 6.07) is 3.29. The van der Waals surface area contributed by atoms with Gasteiger partial charge in [-0.3, -0.25) is 4.98 Å². The van der Waals surface area contributed by atoms with Gasteiger partial charge in [-0.1, -0.05) is 41.5 Å². The van der Waals surface area contributed by atoms with Crippen LogP contribution in [0.5, 0.6) is 0 Å². The van der Waals surface area contributed by atoms with E-state index < -0.39 is 0 Å². The maximum atomic E-state index is 12.9. The molecule has 0 aliphatic rings. The summed E-state index contributed by atoms with van der Waals surface area (Å²) in [7, 11) is 0. The van der Waals surface area contributed by atoms with Gasteiger partial charge in [0.2, 0.25) is 0 Å². The quantitative estimate of drug-likeness (QED) is 0.687. The lowest BCUT2D eigenvalue weighted by Gasteiger charge is -2.40. The van der Waals surface area contributed by atoms with Gasteiger partial charge in [0.15, 0.2) is 0 Å². The molecule has 1 nitrogen and oxygen atoms in total. The summed E-state index contributed by atoms with van der Waals surface area (Å²) < 4.78 is 12.9. The van der Waals surface area contributed by atoms with Crippen molar-refractivity contribution in [1.82, 2.24) is 4.98 Å². The van der Waals surface area contributed by atoms with Gasteiger partial charge in [0.05, 0.1) is 6.20 Å². The van der Waals surface area contributed by atoms with Crippen LogP contribution in [-0.4, -0.2) is 4.98 Å². The molecule has 90 valence electrons. The first-order chi connectivity index (χ1) is 7.12. The van der Waals surface area contributed by atoms with Crippen LogP contribution >= 0.6 is 0 Å². The molecule has 0 unspecified atom stereocenters. The Kier molecular flexibility index (Phi) is 3.41. The lowest BCUT2D eigenvalue weighted by atomic mass is 9.65. The minimum atomic E-state index is -0.273. The molecule has 1 aromatic heterocycles. The second-order valence-electron chi connectivity index (χ2n) is 6.57. The van der Waals surface area contributed by atoms with Crippen molar-refractivity contribution in [3.63, 3.8) is 0 Å². The summed E-state index contributed by atoms with van der Waals surface area (Å²) >= 11 is 0. The Balaban J connectivity index is 3.18. The molecule has 0 N–H and O–H groups in total. The Hall–Kier alpha value is -0.920. The highest BCUT2D eigenvalue weighted by molar-refractivity contribution is 5.16. The fourth-order valence-electron chi connectivity index (χ4n) is 2.74. The number of hydrogen-bond acceptors (Lipinski definition) is 1. The van der Waals surface area contributed by atoms with Crippen molar-refractivity contribution >= 4 is 0 Å². The SMILES string of the molecule is CC(C)(C)C(c1ccc(F)cn1)C(C)(C)C. The molecule has 0 saturated carbocycles. The second kappa shape index (κ2) is 4.15. The average Bonchev–Trinajstić information content (AvgIpc) is 2.03. The number of aromatic nitrogens is 1. The Labute approximate surface area is 98.1 Å². The van der Waals surface area contributed by atoms with Crippen LogP contribution in [0.3, 0.4) is 0 Å². The van der Waals surface area contributed by atoms with Gasteiger partial charge in [-0.25, -0.2) is 4.39 Å². The first-order valence-electron chi connectivity index (χ1n) is 5.74. The van der Waals surface area contributed by atoms with E-state index in [4.69, 9.17) is 0 Å². The van der Waals surface area contributed by atoms with Gasteiger partial charge in [-0.2, -0.15) is 0 Å². The summed E-state index contributed by atoms with van der Waals surface area (Å²) in [4.78, 5) is 4.24.